The number of methoxy groups -OCH3 is 1. The number of thioether (sulfide) groups is 2. The highest BCUT2D eigenvalue weighted by atomic mass is 32.2. The summed E-state index contributed by atoms with van der Waals surface area (Å²) in [5.74, 6) is 0.417. The maximum atomic E-state index is 12.0. The van der Waals surface area contributed by atoms with Gasteiger partial charge in [0.05, 0.1) is 11.2 Å². The van der Waals surface area contributed by atoms with E-state index in [1.54, 1.807) is 0 Å². The van der Waals surface area contributed by atoms with Crippen LogP contribution in [0, 0.1) is 0 Å². The van der Waals surface area contributed by atoms with Gasteiger partial charge in [0.1, 0.15) is 5.75 Å². The molecule has 0 heterocycles. The molecule has 0 aromatic heterocycles. The Balaban J connectivity index is 2.58. The number of benzene rings is 2. The zero-order valence-electron chi connectivity index (χ0n) is 27.1. The molecule has 3 nitrogen and oxygen atoms in total. The number of hydrogen-bond acceptors (Lipinski definition) is 5. The Bertz CT molecular complexity index is 1100. The van der Waals surface area contributed by atoms with E-state index in [4.69, 9.17) is 9.47 Å². The van der Waals surface area contributed by atoms with Crippen molar-refractivity contribution in [1.82, 2.24) is 0 Å². The summed E-state index contributed by atoms with van der Waals surface area (Å²) >= 11 is 3.80. The van der Waals surface area contributed by atoms with Crippen LogP contribution in [0.1, 0.15) is 119 Å². The zero-order valence-corrected chi connectivity index (χ0v) is 28.8. The minimum absolute atomic E-state index is 0.0805. The van der Waals surface area contributed by atoms with Crippen molar-refractivity contribution < 1.29 is 14.3 Å². The molecule has 0 atom stereocenters. The number of carbonyl (C=O) groups is 1. The summed E-state index contributed by atoms with van der Waals surface area (Å²) in [6, 6.07) is 11.6. The standard InChI is InChI=1S/C34H52O3S2/c1-30(2,3)22-16-23(31(4,5)6)18-24(17-22)38-34(13,14)39-25-19-26(32(7,8)9)29(37-21-28(35)36-15)27(20-25)33(10,11)12/h16-20H,21H2,1-15H3. The Morgan fingerprint density at radius 2 is 1.00 bits per heavy atom. The summed E-state index contributed by atoms with van der Waals surface area (Å²) in [5.41, 5.74) is 4.78. The van der Waals surface area contributed by atoms with Crippen molar-refractivity contribution in [2.45, 2.75) is 132 Å². The summed E-state index contributed by atoms with van der Waals surface area (Å²) < 4.78 is 10.9. The van der Waals surface area contributed by atoms with E-state index in [1.807, 2.05) is 23.5 Å². The van der Waals surface area contributed by atoms with Crippen molar-refractivity contribution >= 4 is 29.5 Å². The Kier molecular flexibility index (Phi) is 10.1. The van der Waals surface area contributed by atoms with Gasteiger partial charge in [-0.25, -0.2) is 4.79 Å². The van der Waals surface area contributed by atoms with Crippen molar-refractivity contribution in [3.8, 4) is 5.75 Å². The maximum absolute atomic E-state index is 12.0. The van der Waals surface area contributed by atoms with Crippen LogP contribution >= 0.6 is 23.5 Å². The van der Waals surface area contributed by atoms with Crippen LogP contribution in [-0.2, 0) is 31.2 Å². The third kappa shape index (κ3) is 9.49. The van der Waals surface area contributed by atoms with E-state index in [1.165, 1.54) is 28.0 Å². The van der Waals surface area contributed by atoms with Gasteiger partial charge in [-0.2, -0.15) is 0 Å². The molecular formula is C34H52O3S2. The number of ether oxygens (including phenoxy) is 2. The Hall–Kier alpha value is -1.59. The van der Waals surface area contributed by atoms with Gasteiger partial charge in [-0.1, -0.05) is 89.2 Å². The number of carbonyl (C=O) groups excluding carboxylic acids is 1. The largest absolute Gasteiger partial charge is 0.481 e. The third-order valence-electron chi connectivity index (χ3n) is 6.61. The number of hydrogen-bond donors (Lipinski definition) is 0. The van der Waals surface area contributed by atoms with Crippen molar-refractivity contribution in [1.29, 1.82) is 0 Å². The fourth-order valence-corrected chi connectivity index (χ4v) is 6.84. The van der Waals surface area contributed by atoms with Crippen molar-refractivity contribution in [2.75, 3.05) is 13.7 Å². The molecule has 2 aromatic rings. The van der Waals surface area contributed by atoms with Gasteiger partial charge in [-0.05, 0) is 70.9 Å². The molecule has 0 N–H and O–H groups in total. The molecule has 0 aliphatic rings. The molecule has 2 aromatic carbocycles. The molecule has 0 fully saturated rings. The molecule has 0 unspecified atom stereocenters. The molecular weight excluding hydrogens is 521 g/mol. The summed E-state index contributed by atoms with van der Waals surface area (Å²) in [5, 5.41) is 0. The lowest BCUT2D eigenvalue weighted by atomic mass is 9.79. The summed E-state index contributed by atoms with van der Waals surface area (Å²) in [4.78, 5) is 14.5. The second kappa shape index (κ2) is 11.7. The first-order chi connectivity index (χ1) is 17.4. The van der Waals surface area contributed by atoms with Crippen LogP contribution in [0.25, 0.3) is 0 Å². The molecule has 0 saturated heterocycles. The van der Waals surface area contributed by atoms with Gasteiger partial charge in [-0.3, -0.25) is 0 Å². The molecule has 0 spiro atoms. The molecule has 0 bridgehead atoms. The lowest BCUT2D eigenvalue weighted by Gasteiger charge is -2.32. The van der Waals surface area contributed by atoms with E-state index < -0.39 is 0 Å². The van der Waals surface area contributed by atoms with Crippen LogP contribution in [0.3, 0.4) is 0 Å². The van der Waals surface area contributed by atoms with E-state index >= 15 is 0 Å². The van der Waals surface area contributed by atoms with E-state index in [0.717, 1.165) is 16.9 Å². The molecule has 0 saturated carbocycles. The van der Waals surface area contributed by atoms with E-state index in [-0.39, 0.29) is 38.3 Å². The lowest BCUT2D eigenvalue weighted by Crippen LogP contribution is -2.23. The predicted molar refractivity (Wildman–Crippen MR) is 171 cm³/mol. The summed E-state index contributed by atoms with van der Waals surface area (Å²) in [7, 11) is 1.39. The normalized spacial score (nSPS) is 13.4. The van der Waals surface area contributed by atoms with E-state index in [0.29, 0.717) is 0 Å². The Labute approximate surface area is 247 Å². The first-order valence-electron chi connectivity index (χ1n) is 13.9. The highest BCUT2D eigenvalue weighted by Crippen LogP contribution is 2.50. The van der Waals surface area contributed by atoms with Gasteiger partial charge in [0, 0.05) is 20.9 Å². The van der Waals surface area contributed by atoms with Crippen molar-refractivity contribution in [3.05, 3.63) is 52.6 Å². The fraction of sp³-hybridized carbons (Fsp3) is 0.618. The topological polar surface area (TPSA) is 35.5 Å². The first-order valence-corrected chi connectivity index (χ1v) is 15.5. The minimum atomic E-state index is -0.377. The smallest absolute Gasteiger partial charge is 0.343 e. The highest BCUT2D eigenvalue weighted by Gasteiger charge is 2.31. The number of esters is 1. The van der Waals surface area contributed by atoms with Gasteiger partial charge in [0.15, 0.2) is 6.61 Å². The summed E-state index contributed by atoms with van der Waals surface area (Å²) in [6.07, 6.45) is 0. The van der Waals surface area contributed by atoms with E-state index in [2.05, 4.69) is 127 Å². The van der Waals surface area contributed by atoms with Gasteiger partial charge >= 0.3 is 5.97 Å². The second-order valence-corrected chi connectivity index (χ2v) is 18.7. The van der Waals surface area contributed by atoms with Gasteiger partial charge in [-0.15, -0.1) is 23.5 Å². The Morgan fingerprint density at radius 1 is 0.615 bits per heavy atom. The SMILES string of the molecule is COC(=O)COc1c(C(C)(C)C)cc(SC(C)(C)Sc2cc(C(C)(C)C)cc(C(C)(C)C)c2)cc1C(C)(C)C. The van der Waals surface area contributed by atoms with Crippen LogP contribution in [0.2, 0.25) is 0 Å². The monoisotopic (exact) mass is 572 g/mol. The average molecular weight is 573 g/mol. The second-order valence-electron chi connectivity index (χ2n) is 15.1. The maximum Gasteiger partial charge on any atom is 0.343 e. The molecule has 0 amide bonds. The number of rotatable bonds is 7. The quantitative estimate of drug-likeness (QED) is 0.187. The van der Waals surface area contributed by atoms with Gasteiger partial charge in [0.25, 0.3) is 0 Å². The van der Waals surface area contributed by atoms with Crippen LogP contribution in [0.5, 0.6) is 5.75 Å². The molecule has 0 radical (unpaired) electrons. The van der Waals surface area contributed by atoms with Crippen LogP contribution in [-0.4, -0.2) is 23.8 Å². The van der Waals surface area contributed by atoms with E-state index in [9.17, 15) is 4.79 Å². The van der Waals surface area contributed by atoms with Gasteiger partial charge < -0.3 is 9.47 Å². The van der Waals surface area contributed by atoms with Crippen molar-refractivity contribution in [3.63, 3.8) is 0 Å². The minimum Gasteiger partial charge on any atom is -0.481 e. The molecule has 0 aliphatic heterocycles. The highest BCUT2D eigenvalue weighted by molar-refractivity contribution is 8.18. The molecule has 0 aliphatic carbocycles. The summed E-state index contributed by atoms with van der Waals surface area (Å²) in [6.45, 7) is 31.4. The Morgan fingerprint density at radius 3 is 1.33 bits per heavy atom. The van der Waals surface area contributed by atoms with Crippen LogP contribution in [0.4, 0.5) is 0 Å². The zero-order chi connectivity index (χ0) is 30.2. The first kappa shape index (κ1) is 33.6. The molecule has 5 heteroatoms. The predicted octanol–water partition coefficient (Wildman–Crippen LogP) is 10.0. The van der Waals surface area contributed by atoms with Gasteiger partial charge in [0.2, 0.25) is 0 Å². The molecule has 39 heavy (non-hydrogen) atoms. The fourth-order valence-electron chi connectivity index (χ4n) is 4.23. The van der Waals surface area contributed by atoms with Crippen LogP contribution in [0.15, 0.2) is 40.1 Å². The average Bonchev–Trinajstić information content (AvgIpc) is 2.74. The molecule has 218 valence electrons. The lowest BCUT2D eigenvalue weighted by molar-refractivity contribution is -0.142. The third-order valence-corrected chi connectivity index (χ3v) is 9.03. The van der Waals surface area contributed by atoms with Crippen molar-refractivity contribution in [2.24, 2.45) is 0 Å². The van der Waals surface area contributed by atoms with Crippen LogP contribution < -0.4 is 4.74 Å². The molecule has 2 rings (SSSR count).